The third-order valence-electron chi connectivity index (χ3n) is 3.21. The summed E-state index contributed by atoms with van der Waals surface area (Å²) in [5.74, 6) is 0.239. The molecule has 0 bridgehead atoms. The lowest BCUT2D eigenvalue weighted by Crippen LogP contribution is -2.27. The van der Waals surface area contributed by atoms with Crippen LogP contribution in [0.1, 0.15) is 36.5 Å². The molecule has 4 heteroatoms. The van der Waals surface area contributed by atoms with Crippen molar-refractivity contribution < 1.29 is 9.90 Å². The predicted octanol–water partition coefficient (Wildman–Crippen LogP) is 1.89. The fraction of sp³-hybridized carbons (Fsp3) is 0.462. The number of phenols is 1. The Bertz CT molecular complexity index is 431. The third-order valence-corrected chi connectivity index (χ3v) is 3.21. The van der Waals surface area contributed by atoms with Crippen LogP contribution in [-0.4, -0.2) is 17.1 Å². The number of carbonyl (C=O) groups excluding carboxylic acids is 1. The zero-order valence-corrected chi connectivity index (χ0v) is 9.94. The Labute approximate surface area is 101 Å². The number of nitrogens with two attached hydrogens (primary N) is 1. The van der Waals surface area contributed by atoms with Crippen molar-refractivity contribution in [3.05, 3.63) is 23.8 Å². The van der Waals surface area contributed by atoms with Crippen LogP contribution in [0.5, 0.6) is 5.75 Å². The maximum absolute atomic E-state index is 11.9. The maximum Gasteiger partial charge on any atom is 0.255 e. The van der Waals surface area contributed by atoms with Crippen LogP contribution in [0.3, 0.4) is 0 Å². The van der Waals surface area contributed by atoms with Gasteiger partial charge >= 0.3 is 0 Å². The molecule has 1 aromatic rings. The van der Waals surface area contributed by atoms with Gasteiger partial charge in [-0.05, 0) is 30.9 Å². The highest BCUT2D eigenvalue weighted by Gasteiger charge is 2.37. The van der Waals surface area contributed by atoms with Crippen LogP contribution in [0.4, 0.5) is 5.69 Å². The highest BCUT2D eigenvalue weighted by molar-refractivity contribution is 5.98. The first-order chi connectivity index (χ1) is 8.13. The quantitative estimate of drug-likeness (QED) is 0.550. The summed E-state index contributed by atoms with van der Waals surface area (Å²) in [5.41, 5.74) is 6.04. The minimum Gasteiger partial charge on any atom is -0.505 e. The van der Waals surface area contributed by atoms with E-state index in [0.717, 1.165) is 19.3 Å². The first-order valence-electron chi connectivity index (χ1n) is 6.01. The molecule has 4 N–H and O–H groups in total. The number of phenolic OH excluding ortho intramolecular Hbond substituents is 1. The van der Waals surface area contributed by atoms with E-state index in [1.165, 1.54) is 0 Å². The van der Waals surface area contributed by atoms with Crippen molar-refractivity contribution in [1.82, 2.24) is 5.32 Å². The molecule has 2 rings (SSSR count). The molecule has 0 radical (unpaired) electrons. The van der Waals surface area contributed by atoms with Gasteiger partial charge in [-0.2, -0.15) is 0 Å². The number of hydrogen-bond acceptors (Lipinski definition) is 3. The lowest BCUT2D eigenvalue weighted by molar-refractivity contribution is 0.0946. The second-order valence-electron chi connectivity index (χ2n) is 4.61. The summed E-state index contributed by atoms with van der Waals surface area (Å²) >= 11 is 0. The minimum absolute atomic E-state index is 0.127. The number of hydrogen-bond donors (Lipinski definition) is 3. The van der Waals surface area contributed by atoms with Gasteiger partial charge in [-0.15, -0.1) is 0 Å². The molecule has 0 aromatic heterocycles. The van der Waals surface area contributed by atoms with Gasteiger partial charge in [-0.1, -0.05) is 19.4 Å². The Balaban J connectivity index is 1.99. The van der Waals surface area contributed by atoms with Gasteiger partial charge in [0.05, 0.1) is 11.3 Å². The summed E-state index contributed by atoms with van der Waals surface area (Å²) < 4.78 is 0. The van der Waals surface area contributed by atoms with Crippen molar-refractivity contribution in [3.8, 4) is 5.75 Å². The molecule has 1 aliphatic carbocycles. The molecule has 0 aliphatic heterocycles. The van der Waals surface area contributed by atoms with E-state index in [-0.39, 0.29) is 28.9 Å². The number of para-hydroxylation sites is 1. The predicted molar refractivity (Wildman–Crippen MR) is 66.8 cm³/mol. The Kier molecular flexibility index (Phi) is 3.22. The molecule has 1 aromatic carbocycles. The largest absolute Gasteiger partial charge is 0.505 e. The third kappa shape index (κ3) is 2.52. The summed E-state index contributed by atoms with van der Waals surface area (Å²) in [6.45, 7) is 2.14. The smallest absolute Gasteiger partial charge is 0.255 e. The van der Waals surface area contributed by atoms with E-state index >= 15 is 0 Å². The maximum atomic E-state index is 11.9. The number of aromatic hydroxyl groups is 1. The van der Waals surface area contributed by atoms with Crippen LogP contribution in [-0.2, 0) is 0 Å². The zero-order chi connectivity index (χ0) is 12.4. The minimum atomic E-state index is -0.238. The van der Waals surface area contributed by atoms with Crippen LogP contribution < -0.4 is 11.1 Å². The number of carbonyl (C=O) groups is 1. The lowest BCUT2D eigenvalue weighted by Gasteiger charge is -2.07. The molecule has 2 unspecified atom stereocenters. The molecule has 92 valence electrons. The monoisotopic (exact) mass is 234 g/mol. The second-order valence-corrected chi connectivity index (χ2v) is 4.61. The molecular weight excluding hydrogens is 216 g/mol. The Hall–Kier alpha value is -1.71. The van der Waals surface area contributed by atoms with Crippen LogP contribution in [0, 0.1) is 5.92 Å². The molecule has 17 heavy (non-hydrogen) atoms. The van der Waals surface area contributed by atoms with Gasteiger partial charge in [0.1, 0.15) is 0 Å². The summed E-state index contributed by atoms with van der Waals surface area (Å²) in [5, 5.41) is 12.6. The summed E-state index contributed by atoms with van der Waals surface area (Å²) in [6.07, 6.45) is 3.33. The van der Waals surface area contributed by atoms with Crippen molar-refractivity contribution >= 4 is 11.6 Å². The van der Waals surface area contributed by atoms with Crippen LogP contribution in [0.2, 0.25) is 0 Å². The first kappa shape index (κ1) is 11.8. The fourth-order valence-electron chi connectivity index (χ4n) is 2.10. The van der Waals surface area contributed by atoms with Gasteiger partial charge in [0, 0.05) is 6.04 Å². The molecule has 1 amide bonds. The van der Waals surface area contributed by atoms with Crippen LogP contribution in [0.15, 0.2) is 18.2 Å². The van der Waals surface area contributed by atoms with Crippen LogP contribution >= 0.6 is 0 Å². The average Bonchev–Trinajstić information content (AvgIpc) is 3.01. The van der Waals surface area contributed by atoms with E-state index < -0.39 is 0 Å². The molecule has 2 atom stereocenters. The van der Waals surface area contributed by atoms with Crippen molar-refractivity contribution in [2.24, 2.45) is 5.92 Å². The van der Waals surface area contributed by atoms with E-state index in [0.29, 0.717) is 5.92 Å². The van der Waals surface area contributed by atoms with Gasteiger partial charge < -0.3 is 16.2 Å². The Morgan fingerprint density at radius 3 is 3.06 bits per heavy atom. The van der Waals surface area contributed by atoms with Crippen molar-refractivity contribution in [2.75, 3.05) is 5.73 Å². The average molecular weight is 234 g/mol. The van der Waals surface area contributed by atoms with Crippen molar-refractivity contribution in [3.63, 3.8) is 0 Å². The summed E-state index contributed by atoms with van der Waals surface area (Å²) in [7, 11) is 0. The van der Waals surface area contributed by atoms with Crippen LogP contribution in [0.25, 0.3) is 0 Å². The summed E-state index contributed by atoms with van der Waals surface area (Å²) in [4.78, 5) is 11.9. The topological polar surface area (TPSA) is 75.4 Å². The second kappa shape index (κ2) is 4.65. The number of amides is 1. The molecule has 1 saturated carbocycles. The molecule has 0 saturated heterocycles. The van der Waals surface area contributed by atoms with E-state index in [9.17, 15) is 9.90 Å². The number of anilines is 1. The molecule has 0 heterocycles. The molecule has 0 spiro atoms. The fourth-order valence-corrected chi connectivity index (χ4v) is 2.10. The Morgan fingerprint density at radius 2 is 2.35 bits per heavy atom. The molecular formula is C13H18N2O2. The van der Waals surface area contributed by atoms with E-state index in [1.54, 1.807) is 18.2 Å². The van der Waals surface area contributed by atoms with Crippen molar-refractivity contribution in [2.45, 2.75) is 32.2 Å². The first-order valence-corrected chi connectivity index (χ1v) is 6.01. The van der Waals surface area contributed by atoms with Gasteiger partial charge in [0.25, 0.3) is 5.91 Å². The van der Waals surface area contributed by atoms with E-state index in [1.807, 2.05) is 0 Å². The number of benzene rings is 1. The molecule has 1 fully saturated rings. The van der Waals surface area contributed by atoms with Gasteiger partial charge in [-0.25, -0.2) is 0 Å². The number of rotatable bonds is 4. The van der Waals surface area contributed by atoms with Gasteiger partial charge in [-0.3, -0.25) is 4.79 Å². The highest BCUT2D eigenvalue weighted by Crippen LogP contribution is 2.35. The SMILES string of the molecule is CCCC1CC1NC(=O)c1cccc(N)c1O. The standard InChI is InChI=1S/C13H18N2O2/c1-2-4-8-7-11(8)15-13(17)9-5-3-6-10(14)12(9)16/h3,5-6,8,11,16H,2,4,7,14H2,1H3,(H,15,17). The van der Waals surface area contributed by atoms with E-state index in [4.69, 9.17) is 5.73 Å². The Morgan fingerprint density at radius 1 is 1.59 bits per heavy atom. The lowest BCUT2D eigenvalue weighted by atomic mass is 10.1. The highest BCUT2D eigenvalue weighted by atomic mass is 16.3. The molecule has 4 nitrogen and oxygen atoms in total. The summed E-state index contributed by atoms with van der Waals surface area (Å²) in [6, 6.07) is 5.09. The number of nitrogen functional groups attached to an aromatic ring is 1. The van der Waals surface area contributed by atoms with Gasteiger partial charge in [0.2, 0.25) is 0 Å². The van der Waals surface area contributed by atoms with Crippen molar-refractivity contribution in [1.29, 1.82) is 0 Å². The normalized spacial score (nSPS) is 22.2. The number of nitrogens with one attached hydrogen (secondary N) is 1. The molecule has 1 aliphatic rings. The van der Waals surface area contributed by atoms with Gasteiger partial charge in [0.15, 0.2) is 5.75 Å². The van der Waals surface area contributed by atoms with E-state index in [2.05, 4.69) is 12.2 Å². The zero-order valence-electron chi connectivity index (χ0n) is 9.94.